The second kappa shape index (κ2) is 9.66. The van der Waals surface area contributed by atoms with Crippen LogP contribution in [-0.2, 0) is 11.2 Å². The van der Waals surface area contributed by atoms with Gasteiger partial charge in [-0.25, -0.2) is 0 Å². The number of nitrogens with zero attached hydrogens (tertiary/aromatic N) is 2. The number of hydrogen-bond acceptors (Lipinski definition) is 5. The minimum Gasteiger partial charge on any atom is -0.497 e. The predicted molar refractivity (Wildman–Crippen MR) is 120 cm³/mol. The monoisotopic (exact) mass is 420 g/mol. The summed E-state index contributed by atoms with van der Waals surface area (Å²) >= 11 is 0. The molecule has 1 aromatic heterocycles. The number of piperidine rings is 1. The summed E-state index contributed by atoms with van der Waals surface area (Å²) in [6, 6.07) is 13.4. The van der Waals surface area contributed by atoms with E-state index in [-0.39, 0.29) is 18.4 Å². The third kappa shape index (κ3) is 5.44. The molecule has 7 heteroatoms. The molecule has 3 aromatic rings. The van der Waals surface area contributed by atoms with Gasteiger partial charge < -0.3 is 19.7 Å². The number of anilines is 1. The van der Waals surface area contributed by atoms with Crippen molar-refractivity contribution >= 4 is 11.6 Å². The van der Waals surface area contributed by atoms with Crippen molar-refractivity contribution in [3.8, 4) is 22.6 Å². The summed E-state index contributed by atoms with van der Waals surface area (Å²) in [5, 5.41) is 9.90. The Morgan fingerprint density at radius 2 is 2.03 bits per heavy atom. The highest BCUT2D eigenvalue weighted by Gasteiger charge is 2.20. The van der Waals surface area contributed by atoms with Gasteiger partial charge in [-0.2, -0.15) is 5.10 Å². The Morgan fingerprint density at radius 1 is 1.19 bits per heavy atom. The molecule has 1 aliphatic rings. The number of aromatic nitrogens is 2. The summed E-state index contributed by atoms with van der Waals surface area (Å²) in [5.74, 6) is 1.32. The van der Waals surface area contributed by atoms with Crippen LogP contribution in [0.5, 0.6) is 11.5 Å². The SMILES string of the molecule is COc1cccc(CC(=O)Nc2ccc(-c3cn[nH]c3)cc2OC2CCN(C)CC2)c1. The molecule has 0 aliphatic carbocycles. The van der Waals surface area contributed by atoms with Gasteiger partial charge in [0, 0.05) is 24.8 Å². The Labute approximate surface area is 182 Å². The molecule has 1 aliphatic heterocycles. The second-order valence-electron chi connectivity index (χ2n) is 7.89. The van der Waals surface area contributed by atoms with Crippen LogP contribution in [0, 0.1) is 0 Å². The average molecular weight is 421 g/mol. The summed E-state index contributed by atoms with van der Waals surface area (Å²) in [4.78, 5) is 15.1. The van der Waals surface area contributed by atoms with Crippen molar-refractivity contribution in [3.05, 3.63) is 60.4 Å². The van der Waals surface area contributed by atoms with Crippen molar-refractivity contribution in [1.29, 1.82) is 0 Å². The highest BCUT2D eigenvalue weighted by molar-refractivity contribution is 5.94. The van der Waals surface area contributed by atoms with E-state index in [1.807, 2.05) is 48.7 Å². The number of rotatable bonds is 7. The molecule has 0 bridgehead atoms. The summed E-state index contributed by atoms with van der Waals surface area (Å²) in [6.45, 7) is 2.01. The number of H-pyrrole nitrogens is 1. The third-order valence-corrected chi connectivity index (χ3v) is 5.55. The fourth-order valence-corrected chi connectivity index (χ4v) is 3.76. The van der Waals surface area contributed by atoms with Gasteiger partial charge in [0.2, 0.25) is 5.91 Å². The molecule has 1 saturated heterocycles. The molecule has 0 spiro atoms. The number of carbonyl (C=O) groups is 1. The highest BCUT2D eigenvalue weighted by Crippen LogP contribution is 2.33. The molecule has 2 aromatic carbocycles. The van der Waals surface area contributed by atoms with E-state index >= 15 is 0 Å². The zero-order valence-electron chi connectivity index (χ0n) is 17.9. The topological polar surface area (TPSA) is 79.5 Å². The van der Waals surface area contributed by atoms with Crippen molar-refractivity contribution < 1.29 is 14.3 Å². The molecule has 7 nitrogen and oxygen atoms in total. The van der Waals surface area contributed by atoms with Crippen LogP contribution in [0.1, 0.15) is 18.4 Å². The molecular weight excluding hydrogens is 392 g/mol. The molecule has 0 radical (unpaired) electrons. The maximum absolute atomic E-state index is 12.8. The number of nitrogens with one attached hydrogen (secondary N) is 2. The molecule has 1 amide bonds. The summed E-state index contributed by atoms with van der Waals surface area (Å²) in [6.07, 6.45) is 5.93. The Kier molecular flexibility index (Phi) is 6.52. The molecule has 0 saturated carbocycles. The average Bonchev–Trinajstić information content (AvgIpc) is 3.31. The van der Waals surface area contributed by atoms with Crippen LogP contribution in [0.3, 0.4) is 0 Å². The lowest BCUT2D eigenvalue weighted by atomic mass is 10.1. The lowest BCUT2D eigenvalue weighted by Crippen LogP contribution is -2.35. The Hall–Kier alpha value is -3.32. The van der Waals surface area contributed by atoms with Crippen LogP contribution in [0.2, 0.25) is 0 Å². The summed E-state index contributed by atoms with van der Waals surface area (Å²) in [5.41, 5.74) is 3.54. The van der Waals surface area contributed by atoms with Gasteiger partial charge in [-0.1, -0.05) is 18.2 Å². The number of likely N-dealkylation sites (tertiary alicyclic amines) is 1. The number of hydrogen-bond donors (Lipinski definition) is 2. The highest BCUT2D eigenvalue weighted by atomic mass is 16.5. The van der Waals surface area contributed by atoms with Crippen LogP contribution in [0.15, 0.2) is 54.9 Å². The molecule has 2 N–H and O–H groups in total. The maximum atomic E-state index is 12.8. The van der Waals surface area contributed by atoms with Crippen molar-refractivity contribution in [2.24, 2.45) is 0 Å². The summed E-state index contributed by atoms with van der Waals surface area (Å²) < 4.78 is 11.6. The first-order chi connectivity index (χ1) is 15.1. The number of carbonyl (C=O) groups excluding carboxylic acids is 1. The van der Waals surface area contributed by atoms with Crippen molar-refractivity contribution in [2.45, 2.75) is 25.4 Å². The van der Waals surface area contributed by atoms with Gasteiger partial charge in [-0.15, -0.1) is 0 Å². The fraction of sp³-hybridized carbons (Fsp3) is 0.333. The van der Waals surface area contributed by atoms with Gasteiger partial charge in [-0.05, 0) is 55.3 Å². The minimum atomic E-state index is -0.0995. The van der Waals surface area contributed by atoms with Crippen molar-refractivity contribution in [2.75, 3.05) is 32.6 Å². The van der Waals surface area contributed by atoms with E-state index in [4.69, 9.17) is 9.47 Å². The maximum Gasteiger partial charge on any atom is 0.228 e. The standard InChI is InChI=1S/C24H28N4O3/c1-28-10-8-20(9-11-28)31-23-14-18(19-15-25-26-16-19)6-7-22(23)27-24(29)13-17-4-3-5-21(12-17)30-2/h3-7,12,14-16,20H,8-11,13H2,1-2H3,(H,25,26)(H,27,29). The molecule has 0 unspecified atom stereocenters. The van der Waals surface area contributed by atoms with Crippen molar-refractivity contribution in [3.63, 3.8) is 0 Å². The van der Waals surface area contributed by atoms with E-state index in [1.165, 1.54) is 0 Å². The van der Waals surface area contributed by atoms with Crippen molar-refractivity contribution in [1.82, 2.24) is 15.1 Å². The third-order valence-electron chi connectivity index (χ3n) is 5.55. The Bertz CT molecular complexity index is 1010. The Morgan fingerprint density at radius 3 is 2.77 bits per heavy atom. The van der Waals surface area contributed by atoms with E-state index in [9.17, 15) is 4.79 Å². The van der Waals surface area contributed by atoms with Gasteiger partial charge in [-0.3, -0.25) is 9.89 Å². The quantitative estimate of drug-likeness (QED) is 0.609. The molecule has 2 heterocycles. The smallest absolute Gasteiger partial charge is 0.228 e. The zero-order valence-corrected chi connectivity index (χ0v) is 17.9. The largest absolute Gasteiger partial charge is 0.497 e. The number of aromatic amines is 1. The van der Waals surface area contributed by atoms with E-state index in [1.54, 1.807) is 13.3 Å². The van der Waals surface area contributed by atoms with E-state index in [0.717, 1.165) is 48.4 Å². The normalized spacial score (nSPS) is 14.9. The van der Waals surface area contributed by atoms with Crippen LogP contribution < -0.4 is 14.8 Å². The predicted octanol–water partition coefficient (Wildman–Crippen LogP) is 3.74. The first-order valence-electron chi connectivity index (χ1n) is 10.5. The molecule has 1 fully saturated rings. The molecule has 4 rings (SSSR count). The lowest BCUT2D eigenvalue weighted by Gasteiger charge is -2.30. The number of amides is 1. The number of benzene rings is 2. The molecule has 0 atom stereocenters. The number of methoxy groups -OCH3 is 1. The van der Waals surface area contributed by atoms with E-state index in [0.29, 0.717) is 11.4 Å². The summed E-state index contributed by atoms with van der Waals surface area (Å²) in [7, 11) is 3.74. The van der Waals surface area contributed by atoms with Gasteiger partial charge in [0.15, 0.2) is 0 Å². The first-order valence-corrected chi connectivity index (χ1v) is 10.5. The lowest BCUT2D eigenvalue weighted by molar-refractivity contribution is -0.115. The van der Waals surface area contributed by atoms with E-state index in [2.05, 4.69) is 27.5 Å². The first kappa shape index (κ1) is 20.9. The molecular formula is C24H28N4O3. The van der Waals surface area contributed by atoms with E-state index < -0.39 is 0 Å². The van der Waals surface area contributed by atoms with Crippen LogP contribution in [0.25, 0.3) is 11.1 Å². The molecule has 162 valence electrons. The van der Waals surface area contributed by atoms with Gasteiger partial charge >= 0.3 is 0 Å². The number of ether oxygens (including phenoxy) is 2. The second-order valence-corrected chi connectivity index (χ2v) is 7.89. The minimum absolute atomic E-state index is 0.0995. The van der Waals surface area contributed by atoms with Gasteiger partial charge in [0.1, 0.15) is 17.6 Å². The van der Waals surface area contributed by atoms with Crippen LogP contribution >= 0.6 is 0 Å². The Balaban J connectivity index is 1.52. The van der Waals surface area contributed by atoms with Crippen LogP contribution in [0.4, 0.5) is 5.69 Å². The van der Waals surface area contributed by atoms with Crippen LogP contribution in [-0.4, -0.2) is 54.4 Å². The van der Waals surface area contributed by atoms with Gasteiger partial charge in [0.05, 0.1) is 25.4 Å². The zero-order chi connectivity index (χ0) is 21.6. The molecule has 31 heavy (non-hydrogen) atoms. The van der Waals surface area contributed by atoms with Gasteiger partial charge in [0.25, 0.3) is 0 Å². The fourth-order valence-electron chi connectivity index (χ4n) is 3.76.